The van der Waals surface area contributed by atoms with Crippen LogP contribution in [0.5, 0.6) is 0 Å². The van der Waals surface area contributed by atoms with Gasteiger partial charge in [0.15, 0.2) is 0 Å². The zero-order chi connectivity index (χ0) is 10.8. The van der Waals surface area contributed by atoms with Gasteiger partial charge in [-0.05, 0) is 12.1 Å². The van der Waals surface area contributed by atoms with Crippen LogP contribution < -0.4 is 5.73 Å². The topological polar surface area (TPSA) is 38.9 Å². The van der Waals surface area contributed by atoms with Crippen LogP contribution in [0.3, 0.4) is 0 Å². The standard InChI is InChI=1S/C10H7ClN2S2/c11-7-3-1-6(2-4-7)10-13-5-8(15-10)9(12)14/h1-5H,(H2,12,14). The van der Waals surface area contributed by atoms with Gasteiger partial charge in [-0.15, -0.1) is 11.3 Å². The van der Waals surface area contributed by atoms with Crippen LogP contribution in [0.1, 0.15) is 4.88 Å². The maximum absolute atomic E-state index is 5.80. The van der Waals surface area contributed by atoms with E-state index >= 15 is 0 Å². The number of hydrogen-bond donors (Lipinski definition) is 1. The fourth-order valence-electron chi connectivity index (χ4n) is 1.11. The van der Waals surface area contributed by atoms with E-state index in [9.17, 15) is 0 Å². The minimum Gasteiger partial charge on any atom is -0.389 e. The molecule has 0 unspecified atom stereocenters. The average molecular weight is 255 g/mol. The van der Waals surface area contributed by atoms with Crippen LogP contribution in [-0.4, -0.2) is 9.97 Å². The number of hydrogen-bond acceptors (Lipinski definition) is 3. The van der Waals surface area contributed by atoms with Crippen molar-refractivity contribution in [2.45, 2.75) is 0 Å². The predicted molar refractivity (Wildman–Crippen MR) is 68.4 cm³/mol. The van der Waals surface area contributed by atoms with Gasteiger partial charge in [0.25, 0.3) is 0 Å². The molecular formula is C10H7ClN2S2. The van der Waals surface area contributed by atoms with Crippen molar-refractivity contribution in [3.63, 3.8) is 0 Å². The van der Waals surface area contributed by atoms with Gasteiger partial charge in [-0.3, -0.25) is 0 Å². The molecule has 2 aromatic rings. The molecule has 5 heteroatoms. The summed E-state index contributed by atoms with van der Waals surface area (Å²) < 4.78 is 0. The van der Waals surface area contributed by atoms with Crippen molar-refractivity contribution in [1.82, 2.24) is 4.98 Å². The molecule has 0 bridgehead atoms. The molecule has 0 aliphatic heterocycles. The first-order valence-corrected chi connectivity index (χ1v) is 5.78. The number of thiazole rings is 1. The normalized spacial score (nSPS) is 10.2. The molecule has 15 heavy (non-hydrogen) atoms. The lowest BCUT2D eigenvalue weighted by Gasteiger charge is -1.95. The van der Waals surface area contributed by atoms with Crippen molar-refractivity contribution < 1.29 is 0 Å². The van der Waals surface area contributed by atoms with Gasteiger partial charge in [0, 0.05) is 16.8 Å². The van der Waals surface area contributed by atoms with Gasteiger partial charge in [-0.1, -0.05) is 36.0 Å². The van der Waals surface area contributed by atoms with Gasteiger partial charge >= 0.3 is 0 Å². The second-order valence-corrected chi connectivity index (χ2v) is 4.81. The quantitative estimate of drug-likeness (QED) is 0.837. The van der Waals surface area contributed by atoms with Gasteiger partial charge in [-0.2, -0.15) is 0 Å². The van der Waals surface area contributed by atoms with Crippen molar-refractivity contribution in [3.05, 3.63) is 40.4 Å². The lowest BCUT2D eigenvalue weighted by atomic mass is 10.2. The summed E-state index contributed by atoms with van der Waals surface area (Å²) >= 11 is 12.1. The Balaban J connectivity index is 2.37. The Bertz CT molecular complexity index is 490. The molecule has 1 aromatic carbocycles. The Labute approximate surface area is 102 Å². The molecule has 0 amide bonds. The highest BCUT2D eigenvalue weighted by atomic mass is 35.5. The second-order valence-electron chi connectivity index (χ2n) is 2.90. The van der Waals surface area contributed by atoms with Crippen LogP contribution in [0.4, 0.5) is 0 Å². The molecule has 0 aliphatic rings. The Kier molecular flexibility index (Phi) is 3.00. The van der Waals surface area contributed by atoms with E-state index in [0.717, 1.165) is 15.4 Å². The summed E-state index contributed by atoms with van der Waals surface area (Å²) in [6.45, 7) is 0. The van der Waals surface area contributed by atoms with E-state index < -0.39 is 0 Å². The maximum atomic E-state index is 5.80. The van der Waals surface area contributed by atoms with Gasteiger partial charge in [0.2, 0.25) is 0 Å². The average Bonchev–Trinajstić information content (AvgIpc) is 2.68. The first-order chi connectivity index (χ1) is 7.16. The van der Waals surface area contributed by atoms with E-state index in [2.05, 4.69) is 4.98 Å². The van der Waals surface area contributed by atoms with Gasteiger partial charge in [-0.25, -0.2) is 4.98 Å². The minimum absolute atomic E-state index is 0.382. The zero-order valence-electron chi connectivity index (χ0n) is 7.61. The Morgan fingerprint density at radius 3 is 2.53 bits per heavy atom. The SMILES string of the molecule is NC(=S)c1cnc(-c2ccc(Cl)cc2)s1. The number of halogens is 1. The molecule has 1 aromatic heterocycles. The molecule has 0 aliphatic carbocycles. The third kappa shape index (κ3) is 2.34. The van der Waals surface area contributed by atoms with Crippen molar-refractivity contribution in [1.29, 1.82) is 0 Å². The van der Waals surface area contributed by atoms with Crippen molar-refractivity contribution >= 4 is 40.1 Å². The minimum atomic E-state index is 0.382. The van der Waals surface area contributed by atoms with Crippen LogP contribution in [0.15, 0.2) is 30.5 Å². The first-order valence-electron chi connectivity index (χ1n) is 4.18. The second kappa shape index (κ2) is 4.26. The summed E-state index contributed by atoms with van der Waals surface area (Å²) in [6.07, 6.45) is 1.69. The number of aromatic nitrogens is 1. The third-order valence-corrected chi connectivity index (χ3v) is 3.52. The summed E-state index contributed by atoms with van der Waals surface area (Å²) in [5, 5.41) is 1.61. The van der Waals surface area contributed by atoms with Crippen LogP contribution in [0.2, 0.25) is 5.02 Å². The highest BCUT2D eigenvalue weighted by molar-refractivity contribution is 7.81. The molecule has 0 fully saturated rings. The first kappa shape index (κ1) is 10.5. The summed E-state index contributed by atoms with van der Waals surface area (Å²) in [5.74, 6) is 0. The number of nitrogens with zero attached hydrogens (tertiary/aromatic N) is 1. The van der Waals surface area contributed by atoms with E-state index in [1.54, 1.807) is 6.20 Å². The molecule has 76 valence electrons. The third-order valence-electron chi connectivity index (χ3n) is 1.84. The molecule has 0 saturated heterocycles. The summed E-state index contributed by atoms with van der Waals surface area (Å²) in [6, 6.07) is 7.51. The maximum Gasteiger partial charge on any atom is 0.123 e. The Morgan fingerprint density at radius 1 is 1.33 bits per heavy atom. The lowest BCUT2D eigenvalue weighted by Crippen LogP contribution is -2.06. The number of benzene rings is 1. The summed E-state index contributed by atoms with van der Waals surface area (Å²) in [7, 11) is 0. The van der Waals surface area contributed by atoms with E-state index in [1.165, 1.54) is 11.3 Å². The van der Waals surface area contributed by atoms with Crippen LogP contribution >= 0.6 is 35.2 Å². The highest BCUT2D eigenvalue weighted by Gasteiger charge is 2.05. The largest absolute Gasteiger partial charge is 0.389 e. The molecule has 0 spiro atoms. The lowest BCUT2D eigenvalue weighted by molar-refractivity contribution is 1.41. The number of thiocarbonyl (C=S) groups is 1. The molecule has 2 nitrogen and oxygen atoms in total. The molecule has 0 radical (unpaired) electrons. The number of nitrogens with two attached hydrogens (primary N) is 1. The Morgan fingerprint density at radius 2 is 2.00 bits per heavy atom. The van der Waals surface area contributed by atoms with E-state index in [1.807, 2.05) is 24.3 Å². The smallest absolute Gasteiger partial charge is 0.123 e. The van der Waals surface area contributed by atoms with E-state index in [0.29, 0.717) is 10.0 Å². The molecule has 2 rings (SSSR count). The molecular weight excluding hydrogens is 248 g/mol. The summed E-state index contributed by atoms with van der Waals surface area (Å²) in [4.78, 5) is 5.46. The van der Waals surface area contributed by atoms with Crippen LogP contribution in [0.25, 0.3) is 10.6 Å². The van der Waals surface area contributed by atoms with Gasteiger partial charge < -0.3 is 5.73 Å². The monoisotopic (exact) mass is 254 g/mol. The number of rotatable bonds is 2. The van der Waals surface area contributed by atoms with Crippen LogP contribution in [0, 0.1) is 0 Å². The van der Waals surface area contributed by atoms with Gasteiger partial charge in [0.1, 0.15) is 10.00 Å². The molecule has 0 atom stereocenters. The van der Waals surface area contributed by atoms with Crippen molar-refractivity contribution in [2.75, 3.05) is 0 Å². The highest BCUT2D eigenvalue weighted by Crippen LogP contribution is 2.26. The van der Waals surface area contributed by atoms with Crippen LogP contribution in [-0.2, 0) is 0 Å². The van der Waals surface area contributed by atoms with Crippen molar-refractivity contribution in [2.24, 2.45) is 5.73 Å². The van der Waals surface area contributed by atoms with Gasteiger partial charge in [0.05, 0.1) is 4.88 Å². The zero-order valence-corrected chi connectivity index (χ0v) is 9.99. The molecule has 1 heterocycles. The molecule has 0 saturated carbocycles. The fourth-order valence-corrected chi connectivity index (χ4v) is 2.19. The van der Waals surface area contributed by atoms with Crippen molar-refractivity contribution in [3.8, 4) is 10.6 Å². The molecule has 2 N–H and O–H groups in total. The fraction of sp³-hybridized carbons (Fsp3) is 0. The van der Waals surface area contributed by atoms with E-state index in [-0.39, 0.29) is 0 Å². The predicted octanol–water partition coefficient (Wildman–Crippen LogP) is 3.10. The Hall–Kier alpha value is -0.970. The summed E-state index contributed by atoms with van der Waals surface area (Å²) in [5.41, 5.74) is 6.53. The van der Waals surface area contributed by atoms with E-state index in [4.69, 9.17) is 29.6 Å².